The highest BCUT2D eigenvalue weighted by atomic mass is 16.5. The molecular formula is C11H18N6O. The first-order chi connectivity index (χ1) is 8.67. The fourth-order valence-electron chi connectivity index (χ4n) is 2.06. The molecule has 3 N–H and O–H groups in total. The van der Waals surface area contributed by atoms with E-state index in [0.717, 1.165) is 17.7 Å². The van der Waals surface area contributed by atoms with E-state index in [2.05, 4.69) is 38.9 Å². The second-order valence-electron chi connectivity index (χ2n) is 4.13. The molecule has 2 aromatic heterocycles. The summed E-state index contributed by atoms with van der Waals surface area (Å²) in [5.74, 6) is 1.03. The number of hydrogen-bond donors (Lipinski definition) is 2. The molecule has 1 atom stereocenters. The van der Waals surface area contributed by atoms with E-state index in [1.165, 1.54) is 0 Å². The van der Waals surface area contributed by atoms with Gasteiger partial charge in [0.05, 0.1) is 24.2 Å². The first kappa shape index (κ1) is 12.6. The molecule has 0 bridgehead atoms. The van der Waals surface area contributed by atoms with Crippen molar-refractivity contribution in [3.63, 3.8) is 0 Å². The molecule has 98 valence electrons. The predicted molar refractivity (Wildman–Crippen MR) is 70.5 cm³/mol. The number of anilines is 2. The van der Waals surface area contributed by atoms with Crippen LogP contribution in [0.1, 0.15) is 13.8 Å². The van der Waals surface area contributed by atoms with Gasteiger partial charge in [0.15, 0.2) is 5.65 Å². The molecule has 0 aliphatic heterocycles. The van der Waals surface area contributed by atoms with Gasteiger partial charge >= 0.3 is 0 Å². The number of aromatic amines is 1. The van der Waals surface area contributed by atoms with Crippen LogP contribution < -0.4 is 10.6 Å². The second-order valence-corrected chi connectivity index (χ2v) is 4.13. The molecule has 1 unspecified atom stereocenters. The van der Waals surface area contributed by atoms with Crippen LogP contribution in [-0.2, 0) is 4.74 Å². The smallest absolute Gasteiger partial charge is 0.224 e. The van der Waals surface area contributed by atoms with E-state index in [1.807, 2.05) is 0 Å². The minimum atomic E-state index is 0.201. The maximum Gasteiger partial charge on any atom is 0.224 e. The minimum absolute atomic E-state index is 0.201. The van der Waals surface area contributed by atoms with Crippen LogP contribution in [0.3, 0.4) is 0 Å². The molecular weight excluding hydrogens is 232 g/mol. The van der Waals surface area contributed by atoms with Crippen LogP contribution in [0.25, 0.3) is 11.0 Å². The molecule has 0 spiro atoms. The molecule has 0 amide bonds. The molecule has 0 radical (unpaired) electrons. The highest BCUT2D eigenvalue weighted by Crippen LogP contribution is 2.24. The number of likely N-dealkylation sites (N-methyl/N-ethyl adjacent to an activating group) is 1. The Morgan fingerprint density at radius 1 is 1.50 bits per heavy atom. The summed E-state index contributed by atoms with van der Waals surface area (Å²) in [6.45, 7) is 5.58. The van der Waals surface area contributed by atoms with Gasteiger partial charge in [0.2, 0.25) is 5.95 Å². The summed E-state index contributed by atoms with van der Waals surface area (Å²) in [6.07, 6.45) is 1.71. The summed E-state index contributed by atoms with van der Waals surface area (Å²) in [5.41, 5.74) is 6.38. The number of nitrogens with two attached hydrogens (primary N) is 1. The van der Waals surface area contributed by atoms with E-state index in [0.29, 0.717) is 12.3 Å². The summed E-state index contributed by atoms with van der Waals surface area (Å²) in [5, 5.41) is 7.67. The Balaban J connectivity index is 2.46. The van der Waals surface area contributed by atoms with Gasteiger partial charge in [-0.05, 0) is 13.8 Å². The van der Waals surface area contributed by atoms with Crippen molar-refractivity contribution in [2.24, 2.45) is 0 Å². The molecule has 0 saturated carbocycles. The number of nitrogens with zero attached hydrogens (tertiary/aromatic N) is 4. The van der Waals surface area contributed by atoms with Crippen molar-refractivity contribution in [1.82, 2.24) is 20.2 Å². The maximum absolute atomic E-state index is 5.72. The topological polar surface area (TPSA) is 93.0 Å². The van der Waals surface area contributed by atoms with E-state index in [-0.39, 0.29) is 12.0 Å². The van der Waals surface area contributed by atoms with Gasteiger partial charge in [-0.25, -0.2) is 0 Å². The van der Waals surface area contributed by atoms with E-state index < -0.39 is 0 Å². The SMILES string of the molecule is CCN(c1nc(N)nc2[nH]ncc12)C(C)COC. The summed E-state index contributed by atoms with van der Waals surface area (Å²) < 4.78 is 5.19. The number of nitrogens with one attached hydrogen (secondary N) is 1. The molecule has 2 heterocycles. The van der Waals surface area contributed by atoms with Gasteiger partial charge in [0, 0.05) is 13.7 Å². The van der Waals surface area contributed by atoms with Crippen molar-refractivity contribution in [2.75, 3.05) is 30.9 Å². The first-order valence-corrected chi connectivity index (χ1v) is 5.89. The van der Waals surface area contributed by atoms with Crippen molar-refractivity contribution in [1.29, 1.82) is 0 Å². The van der Waals surface area contributed by atoms with E-state index in [9.17, 15) is 0 Å². The van der Waals surface area contributed by atoms with E-state index >= 15 is 0 Å². The second kappa shape index (κ2) is 5.18. The van der Waals surface area contributed by atoms with Crippen LogP contribution in [0, 0.1) is 0 Å². The predicted octanol–water partition coefficient (Wildman–Crippen LogP) is 0.796. The van der Waals surface area contributed by atoms with Gasteiger partial charge in [-0.1, -0.05) is 0 Å². The zero-order valence-corrected chi connectivity index (χ0v) is 10.8. The number of nitrogen functional groups attached to an aromatic ring is 1. The zero-order chi connectivity index (χ0) is 13.1. The third-order valence-electron chi connectivity index (χ3n) is 2.86. The van der Waals surface area contributed by atoms with Crippen molar-refractivity contribution in [3.8, 4) is 0 Å². The normalized spacial score (nSPS) is 12.8. The highest BCUT2D eigenvalue weighted by Gasteiger charge is 2.18. The van der Waals surface area contributed by atoms with Gasteiger partial charge in [-0.15, -0.1) is 0 Å². The summed E-state index contributed by atoms with van der Waals surface area (Å²) >= 11 is 0. The fourth-order valence-corrected chi connectivity index (χ4v) is 2.06. The van der Waals surface area contributed by atoms with Gasteiger partial charge in [-0.3, -0.25) is 5.10 Å². The van der Waals surface area contributed by atoms with Crippen LogP contribution in [-0.4, -0.2) is 46.5 Å². The number of rotatable bonds is 5. The van der Waals surface area contributed by atoms with Crippen molar-refractivity contribution >= 4 is 22.8 Å². The Bertz CT molecular complexity index is 525. The number of methoxy groups -OCH3 is 1. The van der Waals surface area contributed by atoms with Gasteiger partial charge in [0.25, 0.3) is 0 Å². The van der Waals surface area contributed by atoms with Crippen molar-refractivity contribution < 1.29 is 4.74 Å². The molecule has 0 saturated heterocycles. The van der Waals surface area contributed by atoms with Crippen molar-refractivity contribution in [3.05, 3.63) is 6.20 Å². The quantitative estimate of drug-likeness (QED) is 0.815. The fraction of sp³-hybridized carbons (Fsp3) is 0.545. The number of fused-ring (bicyclic) bond motifs is 1. The molecule has 7 nitrogen and oxygen atoms in total. The first-order valence-electron chi connectivity index (χ1n) is 5.89. The molecule has 0 fully saturated rings. The van der Waals surface area contributed by atoms with Gasteiger partial charge in [-0.2, -0.15) is 15.1 Å². The van der Waals surface area contributed by atoms with Crippen LogP contribution in [0.4, 0.5) is 11.8 Å². The number of aromatic nitrogens is 4. The Kier molecular flexibility index (Phi) is 3.61. The molecule has 7 heteroatoms. The van der Waals surface area contributed by atoms with Crippen LogP contribution in [0.15, 0.2) is 6.20 Å². The van der Waals surface area contributed by atoms with Crippen LogP contribution in [0.2, 0.25) is 0 Å². The lowest BCUT2D eigenvalue weighted by atomic mass is 10.2. The van der Waals surface area contributed by atoms with Crippen LogP contribution in [0.5, 0.6) is 0 Å². The van der Waals surface area contributed by atoms with E-state index in [1.54, 1.807) is 13.3 Å². The van der Waals surface area contributed by atoms with Crippen LogP contribution >= 0.6 is 0 Å². The van der Waals surface area contributed by atoms with E-state index in [4.69, 9.17) is 10.5 Å². The van der Waals surface area contributed by atoms with Crippen molar-refractivity contribution in [2.45, 2.75) is 19.9 Å². The minimum Gasteiger partial charge on any atom is -0.383 e. The Morgan fingerprint density at radius 2 is 2.28 bits per heavy atom. The number of ether oxygens (including phenoxy) is 1. The van der Waals surface area contributed by atoms with Gasteiger partial charge in [0.1, 0.15) is 5.82 Å². The summed E-state index contributed by atoms with van der Waals surface area (Å²) in [6, 6.07) is 0.201. The third kappa shape index (κ3) is 2.21. The Hall–Kier alpha value is -1.89. The molecule has 2 rings (SSSR count). The maximum atomic E-state index is 5.72. The zero-order valence-electron chi connectivity index (χ0n) is 10.8. The summed E-state index contributed by atoms with van der Waals surface area (Å²) in [4.78, 5) is 10.6. The molecule has 2 aromatic rings. The number of H-pyrrole nitrogens is 1. The lowest BCUT2D eigenvalue weighted by molar-refractivity contribution is 0.182. The largest absolute Gasteiger partial charge is 0.383 e. The molecule has 0 aromatic carbocycles. The monoisotopic (exact) mass is 250 g/mol. The third-order valence-corrected chi connectivity index (χ3v) is 2.86. The number of hydrogen-bond acceptors (Lipinski definition) is 6. The lowest BCUT2D eigenvalue weighted by Crippen LogP contribution is -2.37. The standard InChI is InChI=1S/C11H18N6O/c1-4-17(7(2)6-18-3)10-8-5-13-16-9(8)14-11(12)15-10/h5,7H,4,6H2,1-3H3,(H3,12,13,14,15,16). The average molecular weight is 250 g/mol. The lowest BCUT2D eigenvalue weighted by Gasteiger charge is -2.28. The molecule has 0 aliphatic rings. The Morgan fingerprint density at radius 3 is 2.94 bits per heavy atom. The van der Waals surface area contributed by atoms with Gasteiger partial charge < -0.3 is 15.4 Å². The average Bonchev–Trinajstić information content (AvgIpc) is 2.78. The highest BCUT2D eigenvalue weighted by molar-refractivity contribution is 5.87. The molecule has 18 heavy (non-hydrogen) atoms. The molecule has 0 aliphatic carbocycles. The summed E-state index contributed by atoms with van der Waals surface area (Å²) in [7, 11) is 1.69. The Labute approximate surface area is 105 Å².